The van der Waals surface area contributed by atoms with Gasteiger partial charge in [0.15, 0.2) is 5.82 Å². The lowest BCUT2D eigenvalue weighted by atomic mass is 10.6. The molecule has 0 saturated heterocycles. The highest BCUT2D eigenvalue weighted by Crippen LogP contribution is 2.11. The highest BCUT2D eigenvalue weighted by atomic mass is 35.5. The molecule has 0 unspecified atom stereocenters. The summed E-state index contributed by atoms with van der Waals surface area (Å²) in [7, 11) is -3.52. The number of sulfonamides is 1. The number of hydrogen-bond donors (Lipinski definition) is 1. The fraction of sp³-hybridized carbons (Fsp3) is 0.222. The van der Waals surface area contributed by atoms with Gasteiger partial charge in [0.05, 0.1) is 12.4 Å². The minimum absolute atomic E-state index is 0.0686. The summed E-state index contributed by atoms with van der Waals surface area (Å²) in [6, 6.07) is 1.57. The van der Waals surface area contributed by atoms with Crippen LogP contribution in [0.5, 0.6) is 0 Å². The second-order valence-corrected chi connectivity index (χ2v) is 5.41. The maximum atomic E-state index is 11.7. The van der Waals surface area contributed by atoms with E-state index in [0.717, 1.165) is 0 Å². The lowest BCUT2D eigenvalue weighted by molar-refractivity contribution is 0.584. The van der Waals surface area contributed by atoms with Gasteiger partial charge in [0.25, 0.3) is 0 Å². The number of nitrogens with zero attached hydrogens (tertiary/aromatic N) is 4. The van der Waals surface area contributed by atoms with E-state index >= 15 is 0 Å². The van der Waals surface area contributed by atoms with E-state index in [1.807, 2.05) is 0 Å². The van der Waals surface area contributed by atoms with Gasteiger partial charge in [0.1, 0.15) is 4.90 Å². The minimum atomic E-state index is -3.52. The lowest BCUT2D eigenvalue weighted by Gasteiger charge is -2.00. The first-order valence-corrected chi connectivity index (χ1v) is 6.92. The first-order valence-electron chi connectivity index (χ1n) is 5.06. The molecular weight excluding hydrogens is 278 g/mol. The summed E-state index contributed by atoms with van der Waals surface area (Å²) in [6.45, 7) is 2.01. The van der Waals surface area contributed by atoms with Crippen molar-refractivity contribution in [2.24, 2.45) is 0 Å². The monoisotopic (exact) mass is 287 g/mol. The SMILES string of the molecule is CCNS(=O)(=O)c1cnn(-c2ccnc(Cl)n2)c1. The molecular formula is C9H10ClN5O2S. The van der Waals surface area contributed by atoms with Crippen molar-refractivity contribution in [2.45, 2.75) is 11.8 Å². The Labute approximate surface area is 109 Å². The van der Waals surface area contributed by atoms with Crippen LogP contribution in [-0.4, -0.2) is 34.7 Å². The normalized spacial score (nSPS) is 11.7. The third-order valence-corrected chi connectivity index (χ3v) is 3.73. The van der Waals surface area contributed by atoms with Crippen molar-refractivity contribution in [3.8, 4) is 5.82 Å². The van der Waals surface area contributed by atoms with Crippen LogP contribution in [0, 0.1) is 0 Å². The predicted molar refractivity (Wildman–Crippen MR) is 65.0 cm³/mol. The molecule has 2 rings (SSSR count). The maximum Gasteiger partial charge on any atom is 0.243 e. The Balaban J connectivity index is 2.37. The van der Waals surface area contributed by atoms with Crippen LogP contribution in [0.15, 0.2) is 29.6 Å². The summed E-state index contributed by atoms with van der Waals surface area (Å²) < 4.78 is 27.1. The van der Waals surface area contributed by atoms with Gasteiger partial charge < -0.3 is 0 Å². The number of halogens is 1. The van der Waals surface area contributed by atoms with Gasteiger partial charge in [-0.1, -0.05) is 6.92 Å². The van der Waals surface area contributed by atoms with E-state index in [4.69, 9.17) is 11.6 Å². The number of hydrogen-bond acceptors (Lipinski definition) is 5. The zero-order valence-corrected chi connectivity index (χ0v) is 11.0. The molecule has 0 aliphatic carbocycles. The minimum Gasteiger partial charge on any atom is -0.226 e. The van der Waals surface area contributed by atoms with E-state index in [2.05, 4.69) is 19.8 Å². The highest BCUT2D eigenvalue weighted by Gasteiger charge is 2.15. The Morgan fingerprint density at radius 1 is 1.50 bits per heavy atom. The summed E-state index contributed by atoms with van der Waals surface area (Å²) in [6.07, 6.45) is 4.06. The first kappa shape index (κ1) is 12.9. The molecule has 96 valence electrons. The van der Waals surface area contributed by atoms with Crippen LogP contribution in [0.2, 0.25) is 5.28 Å². The van der Waals surface area contributed by atoms with E-state index in [0.29, 0.717) is 12.4 Å². The van der Waals surface area contributed by atoms with Crippen molar-refractivity contribution < 1.29 is 8.42 Å². The quantitative estimate of drug-likeness (QED) is 0.832. The zero-order valence-electron chi connectivity index (χ0n) is 9.41. The van der Waals surface area contributed by atoms with Gasteiger partial charge in [-0.2, -0.15) is 10.1 Å². The molecule has 0 saturated carbocycles. The van der Waals surface area contributed by atoms with Gasteiger partial charge in [-0.3, -0.25) is 0 Å². The molecule has 0 fully saturated rings. The van der Waals surface area contributed by atoms with Gasteiger partial charge >= 0.3 is 0 Å². The smallest absolute Gasteiger partial charge is 0.226 e. The van der Waals surface area contributed by atoms with Crippen LogP contribution < -0.4 is 4.72 Å². The molecule has 2 heterocycles. The van der Waals surface area contributed by atoms with E-state index in [1.165, 1.54) is 23.3 Å². The van der Waals surface area contributed by atoms with Gasteiger partial charge in [-0.15, -0.1) is 0 Å². The molecule has 0 amide bonds. The Bertz CT molecular complexity index is 654. The fourth-order valence-corrected chi connectivity index (χ4v) is 2.41. The van der Waals surface area contributed by atoms with E-state index in [-0.39, 0.29) is 10.2 Å². The van der Waals surface area contributed by atoms with Crippen molar-refractivity contribution in [3.05, 3.63) is 29.9 Å². The molecule has 7 nitrogen and oxygen atoms in total. The summed E-state index contributed by atoms with van der Waals surface area (Å²) in [5.41, 5.74) is 0. The van der Waals surface area contributed by atoms with Crippen molar-refractivity contribution >= 4 is 21.6 Å². The standard InChI is InChI=1S/C9H10ClN5O2S/c1-2-13-18(16,17)7-5-12-15(6-7)8-3-4-11-9(10)14-8/h3-6,13H,2H2,1H3. The van der Waals surface area contributed by atoms with Gasteiger partial charge in [0.2, 0.25) is 15.3 Å². The summed E-state index contributed by atoms with van der Waals surface area (Å²) in [5.74, 6) is 0.396. The van der Waals surface area contributed by atoms with Crippen molar-refractivity contribution in [2.75, 3.05) is 6.54 Å². The third-order valence-electron chi connectivity index (χ3n) is 2.05. The average Bonchev–Trinajstić information content (AvgIpc) is 2.78. The Morgan fingerprint density at radius 2 is 2.28 bits per heavy atom. The van der Waals surface area contributed by atoms with Crippen molar-refractivity contribution in [1.29, 1.82) is 0 Å². The van der Waals surface area contributed by atoms with Gasteiger partial charge in [0, 0.05) is 18.8 Å². The summed E-state index contributed by atoms with van der Waals surface area (Å²) in [5, 5.41) is 3.99. The summed E-state index contributed by atoms with van der Waals surface area (Å²) in [4.78, 5) is 7.73. The zero-order chi connectivity index (χ0) is 13.2. The molecule has 0 bridgehead atoms. The van der Waals surface area contributed by atoms with Crippen LogP contribution in [0.4, 0.5) is 0 Å². The van der Waals surface area contributed by atoms with E-state index in [1.54, 1.807) is 13.0 Å². The van der Waals surface area contributed by atoms with Gasteiger partial charge in [-0.05, 0) is 11.6 Å². The second kappa shape index (κ2) is 5.01. The Morgan fingerprint density at radius 3 is 2.94 bits per heavy atom. The molecule has 2 aromatic heterocycles. The molecule has 0 spiro atoms. The first-order chi connectivity index (χ1) is 8.53. The Kier molecular flexibility index (Phi) is 3.60. The topological polar surface area (TPSA) is 89.8 Å². The van der Waals surface area contributed by atoms with Crippen LogP contribution in [0.1, 0.15) is 6.92 Å². The third kappa shape index (κ3) is 2.66. The molecule has 1 N–H and O–H groups in total. The van der Waals surface area contributed by atoms with Crippen LogP contribution in [-0.2, 0) is 10.0 Å². The van der Waals surface area contributed by atoms with Crippen molar-refractivity contribution in [3.63, 3.8) is 0 Å². The van der Waals surface area contributed by atoms with Crippen molar-refractivity contribution in [1.82, 2.24) is 24.5 Å². The fourth-order valence-electron chi connectivity index (χ4n) is 1.30. The largest absolute Gasteiger partial charge is 0.243 e. The van der Waals surface area contributed by atoms with E-state index < -0.39 is 10.0 Å². The van der Waals surface area contributed by atoms with Crippen LogP contribution >= 0.6 is 11.6 Å². The second-order valence-electron chi connectivity index (χ2n) is 3.31. The number of nitrogens with one attached hydrogen (secondary N) is 1. The molecule has 0 aliphatic rings. The highest BCUT2D eigenvalue weighted by molar-refractivity contribution is 7.89. The maximum absolute atomic E-state index is 11.7. The van der Waals surface area contributed by atoms with Crippen LogP contribution in [0.3, 0.4) is 0 Å². The molecule has 18 heavy (non-hydrogen) atoms. The molecule has 2 aromatic rings. The molecule has 0 aromatic carbocycles. The molecule has 0 aliphatic heterocycles. The molecule has 0 atom stereocenters. The summed E-state index contributed by atoms with van der Waals surface area (Å²) >= 11 is 5.65. The van der Waals surface area contributed by atoms with Gasteiger partial charge in [-0.25, -0.2) is 22.8 Å². The molecule has 0 radical (unpaired) electrons. The predicted octanol–water partition coefficient (Wildman–Crippen LogP) is 0.614. The van der Waals surface area contributed by atoms with Crippen LogP contribution in [0.25, 0.3) is 5.82 Å². The Hall–Kier alpha value is -1.51. The average molecular weight is 288 g/mol. The lowest BCUT2D eigenvalue weighted by Crippen LogP contribution is -2.22. The number of rotatable bonds is 4. The van der Waals surface area contributed by atoms with E-state index in [9.17, 15) is 8.42 Å². The number of aromatic nitrogens is 4. The molecule has 9 heteroatoms.